The smallest absolute Gasteiger partial charge is 0.315 e. The molecule has 104 valence electrons. The quantitative estimate of drug-likeness (QED) is 0.918. The minimum Gasteiger partial charge on any atom is -0.315 e. The fourth-order valence-corrected chi connectivity index (χ4v) is 2.07. The van der Waals surface area contributed by atoms with Gasteiger partial charge < -0.3 is 5.32 Å². The first-order valence-electron chi connectivity index (χ1n) is 6.24. The van der Waals surface area contributed by atoms with Crippen LogP contribution in [0.1, 0.15) is 17.2 Å². The summed E-state index contributed by atoms with van der Waals surface area (Å²) < 4.78 is 37.2. The van der Waals surface area contributed by atoms with E-state index in [1.807, 2.05) is 24.3 Å². The van der Waals surface area contributed by atoms with Crippen molar-refractivity contribution in [3.8, 4) is 11.3 Å². The van der Waals surface area contributed by atoms with Crippen LogP contribution in [0.5, 0.6) is 0 Å². The number of benzene rings is 1. The molecular weight excluding hydrogens is 267 g/mol. The van der Waals surface area contributed by atoms with Gasteiger partial charge >= 0.3 is 6.18 Å². The minimum absolute atomic E-state index is 0.441. The summed E-state index contributed by atoms with van der Waals surface area (Å²) in [6.07, 6.45) is -2.53. The van der Waals surface area contributed by atoms with Crippen molar-refractivity contribution in [2.45, 2.75) is 12.1 Å². The number of nitrogens with one attached hydrogen (secondary N) is 1. The number of hydrogen-bond acceptors (Lipinski definition) is 3. The van der Waals surface area contributed by atoms with E-state index in [9.17, 15) is 13.2 Å². The fourth-order valence-electron chi connectivity index (χ4n) is 2.07. The maximum absolute atomic E-state index is 12.4. The molecule has 6 heteroatoms. The highest BCUT2D eigenvalue weighted by Gasteiger charge is 2.32. The monoisotopic (exact) mass is 279 g/mol. The van der Waals surface area contributed by atoms with Gasteiger partial charge in [0.15, 0.2) is 5.69 Å². The topological polar surface area (TPSA) is 37.8 Å². The second-order valence-corrected chi connectivity index (χ2v) is 4.76. The summed E-state index contributed by atoms with van der Waals surface area (Å²) in [7, 11) is 0. The Hall–Kier alpha value is -1.95. The third kappa shape index (κ3) is 2.51. The predicted molar refractivity (Wildman–Crippen MR) is 68.1 cm³/mol. The summed E-state index contributed by atoms with van der Waals surface area (Å²) in [4.78, 5) is 7.24. The molecule has 1 aromatic heterocycles. The van der Waals surface area contributed by atoms with Crippen LogP contribution in [0.15, 0.2) is 36.7 Å². The largest absolute Gasteiger partial charge is 0.434 e. The third-order valence-corrected chi connectivity index (χ3v) is 3.40. The molecule has 0 unspecified atom stereocenters. The molecule has 1 aromatic carbocycles. The lowest BCUT2D eigenvalue weighted by molar-refractivity contribution is -0.141. The van der Waals surface area contributed by atoms with Crippen molar-refractivity contribution >= 4 is 0 Å². The van der Waals surface area contributed by atoms with E-state index in [0.29, 0.717) is 11.6 Å². The Morgan fingerprint density at radius 3 is 2.15 bits per heavy atom. The molecule has 0 saturated carbocycles. The van der Waals surface area contributed by atoms with Crippen molar-refractivity contribution in [2.75, 3.05) is 13.1 Å². The second kappa shape index (κ2) is 4.86. The zero-order valence-corrected chi connectivity index (χ0v) is 10.5. The molecule has 1 aliphatic rings. The number of hydrogen-bond donors (Lipinski definition) is 1. The van der Waals surface area contributed by atoms with Crippen LogP contribution < -0.4 is 5.32 Å². The lowest BCUT2D eigenvalue weighted by Gasteiger charge is -2.27. The molecule has 1 N–H and O–H groups in total. The Bertz CT molecular complexity index is 587. The predicted octanol–water partition coefficient (Wildman–Crippen LogP) is 2.85. The minimum atomic E-state index is -4.45. The molecule has 0 amide bonds. The first-order valence-corrected chi connectivity index (χ1v) is 6.24. The number of halogens is 3. The number of nitrogens with zero attached hydrogens (tertiary/aromatic N) is 2. The van der Waals surface area contributed by atoms with Gasteiger partial charge in [0, 0.05) is 24.6 Å². The van der Waals surface area contributed by atoms with Crippen molar-refractivity contribution in [1.82, 2.24) is 15.3 Å². The molecule has 0 bridgehead atoms. The van der Waals surface area contributed by atoms with E-state index in [1.54, 1.807) is 0 Å². The van der Waals surface area contributed by atoms with Crippen molar-refractivity contribution < 1.29 is 13.2 Å². The van der Waals surface area contributed by atoms with Gasteiger partial charge in [-0.1, -0.05) is 24.3 Å². The van der Waals surface area contributed by atoms with Gasteiger partial charge in [0.25, 0.3) is 0 Å². The molecule has 3 rings (SSSR count). The highest BCUT2D eigenvalue weighted by Crippen LogP contribution is 2.28. The van der Waals surface area contributed by atoms with Gasteiger partial charge in [-0.25, -0.2) is 4.98 Å². The summed E-state index contributed by atoms with van der Waals surface area (Å²) in [6, 6.07) is 7.70. The van der Waals surface area contributed by atoms with Gasteiger partial charge in [0.05, 0.1) is 18.1 Å². The standard InChI is InChI=1S/C14H12F3N3/c15-14(16,17)13-8-19-12(7-20-13)10-3-1-9(2-4-10)11-5-18-6-11/h1-4,7-8,11,18H,5-6H2. The maximum atomic E-state index is 12.4. The SMILES string of the molecule is FC(F)(F)c1cnc(-c2ccc(C3CNC3)cc2)cn1. The normalized spacial score (nSPS) is 15.9. The van der Waals surface area contributed by atoms with Gasteiger partial charge in [0.1, 0.15) is 0 Å². The number of aromatic nitrogens is 2. The summed E-state index contributed by atoms with van der Waals surface area (Å²) in [5, 5.41) is 3.20. The van der Waals surface area contributed by atoms with Crippen molar-refractivity contribution in [3.05, 3.63) is 47.9 Å². The highest BCUT2D eigenvalue weighted by molar-refractivity contribution is 5.58. The summed E-state index contributed by atoms with van der Waals surface area (Å²) >= 11 is 0. The number of alkyl halides is 3. The van der Waals surface area contributed by atoms with E-state index in [4.69, 9.17) is 0 Å². The lowest BCUT2D eigenvalue weighted by atomic mass is 9.93. The van der Waals surface area contributed by atoms with E-state index in [1.165, 1.54) is 5.56 Å². The van der Waals surface area contributed by atoms with E-state index < -0.39 is 11.9 Å². The van der Waals surface area contributed by atoms with E-state index >= 15 is 0 Å². The van der Waals surface area contributed by atoms with Gasteiger partial charge in [0.2, 0.25) is 0 Å². The molecule has 2 aromatic rings. The van der Waals surface area contributed by atoms with Crippen LogP contribution in [0.2, 0.25) is 0 Å². The Kier molecular flexibility index (Phi) is 3.17. The Balaban J connectivity index is 1.81. The molecule has 20 heavy (non-hydrogen) atoms. The van der Waals surface area contributed by atoms with Crippen LogP contribution in [0.25, 0.3) is 11.3 Å². The first-order chi connectivity index (χ1) is 9.54. The van der Waals surface area contributed by atoms with Crippen LogP contribution in [0, 0.1) is 0 Å². The maximum Gasteiger partial charge on any atom is 0.434 e. The first kappa shape index (κ1) is 13.1. The molecule has 1 saturated heterocycles. The van der Waals surface area contributed by atoms with Gasteiger partial charge in [-0.05, 0) is 5.56 Å². The van der Waals surface area contributed by atoms with Gasteiger partial charge in [-0.3, -0.25) is 4.98 Å². The molecule has 0 atom stereocenters. The molecule has 0 radical (unpaired) electrons. The van der Waals surface area contributed by atoms with Gasteiger partial charge in [-0.2, -0.15) is 13.2 Å². The lowest BCUT2D eigenvalue weighted by Crippen LogP contribution is -2.39. The van der Waals surface area contributed by atoms with Crippen molar-refractivity contribution in [3.63, 3.8) is 0 Å². The van der Waals surface area contributed by atoms with Crippen LogP contribution in [-0.4, -0.2) is 23.1 Å². The molecular formula is C14H12F3N3. The van der Waals surface area contributed by atoms with E-state index in [2.05, 4.69) is 15.3 Å². The zero-order chi connectivity index (χ0) is 14.2. The molecule has 1 fully saturated rings. The second-order valence-electron chi connectivity index (χ2n) is 4.76. The molecule has 3 nitrogen and oxygen atoms in total. The number of rotatable bonds is 2. The average Bonchev–Trinajstić information content (AvgIpc) is 2.37. The molecule has 2 heterocycles. The molecule has 0 aliphatic carbocycles. The molecule has 0 spiro atoms. The Morgan fingerprint density at radius 1 is 1.00 bits per heavy atom. The average molecular weight is 279 g/mol. The fraction of sp³-hybridized carbons (Fsp3) is 0.286. The third-order valence-electron chi connectivity index (χ3n) is 3.40. The van der Waals surface area contributed by atoms with E-state index in [-0.39, 0.29) is 0 Å². The van der Waals surface area contributed by atoms with Crippen LogP contribution in [0.4, 0.5) is 13.2 Å². The summed E-state index contributed by atoms with van der Waals surface area (Å²) in [6.45, 7) is 1.94. The van der Waals surface area contributed by atoms with Crippen LogP contribution in [-0.2, 0) is 6.18 Å². The van der Waals surface area contributed by atoms with Crippen molar-refractivity contribution in [2.24, 2.45) is 0 Å². The highest BCUT2D eigenvalue weighted by atomic mass is 19.4. The van der Waals surface area contributed by atoms with Crippen LogP contribution in [0.3, 0.4) is 0 Å². The van der Waals surface area contributed by atoms with Crippen LogP contribution >= 0.6 is 0 Å². The van der Waals surface area contributed by atoms with E-state index in [0.717, 1.165) is 31.0 Å². The van der Waals surface area contributed by atoms with Crippen molar-refractivity contribution in [1.29, 1.82) is 0 Å². The zero-order valence-electron chi connectivity index (χ0n) is 10.5. The van der Waals surface area contributed by atoms with Gasteiger partial charge in [-0.15, -0.1) is 0 Å². The summed E-state index contributed by atoms with van der Waals surface area (Å²) in [5.74, 6) is 0.530. The molecule has 1 aliphatic heterocycles. The Morgan fingerprint density at radius 2 is 1.70 bits per heavy atom. The Labute approximate surface area is 113 Å². The summed E-state index contributed by atoms with van der Waals surface area (Å²) in [5.41, 5.74) is 1.46.